The van der Waals surface area contributed by atoms with Crippen LogP contribution in [-0.2, 0) is 0 Å². The third-order valence-electron chi connectivity index (χ3n) is 3.90. The van der Waals surface area contributed by atoms with Gasteiger partial charge in [-0.05, 0) is 36.4 Å². The van der Waals surface area contributed by atoms with Crippen LogP contribution in [0.15, 0.2) is 60.4 Å². The normalized spacial score (nSPS) is 10.6. The highest BCUT2D eigenvalue weighted by Gasteiger charge is 2.20. The molecule has 8 heteroatoms. The molecule has 27 heavy (non-hydrogen) atoms. The summed E-state index contributed by atoms with van der Waals surface area (Å²) < 4.78 is 5.19. The molecule has 0 bridgehead atoms. The number of thiazole rings is 1. The number of aromatic nitrogens is 4. The summed E-state index contributed by atoms with van der Waals surface area (Å²) in [7, 11) is 1.62. The zero-order valence-electron chi connectivity index (χ0n) is 14.3. The molecule has 0 aliphatic carbocycles. The number of nitrogens with zero attached hydrogens (tertiary/aromatic N) is 3. The second-order valence-electron chi connectivity index (χ2n) is 5.56. The first-order valence-electron chi connectivity index (χ1n) is 8.10. The number of carbonyl (C=O) groups excluding carboxylic acids is 1. The fraction of sp³-hybridized carbons (Fsp3) is 0.0526. The Kier molecular flexibility index (Phi) is 4.63. The van der Waals surface area contributed by atoms with Gasteiger partial charge in [-0.1, -0.05) is 0 Å². The number of aromatic amines is 1. The van der Waals surface area contributed by atoms with Crippen LogP contribution in [0.5, 0.6) is 5.75 Å². The molecule has 0 saturated carbocycles. The largest absolute Gasteiger partial charge is 0.497 e. The third-order valence-corrected chi connectivity index (χ3v) is 4.59. The molecular weight excluding hydrogens is 362 g/mol. The monoisotopic (exact) mass is 377 g/mol. The summed E-state index contributed by atoms with van der Waals surface area (Å²) in [4.78, 5) is 28.7. The van der Waals surface area contributed by atoms with Gasteiger partial charge in [-0.2, -0.15) is 0 Å². The molecule has 0 unspecified atom stereocenters. The minimum absolute atomic E-state index is 0.302. The average molecular weight is 377 g/mol. The predicted molar refractivity (Wildman–Crippen MR) is 104 cm³/mol. The molecule has 4 rings (SSSR count). The molecule has 134 valence electrons. The van der Waals surface area contributed by atoms with Crippen molar-refractivity contribution in [3.63, 3.8) is 0 Å². The third kappa shape index (κ3) is 3.56. The predicted octanol–water partition coefficient (Wildman–Crippen LogP) is 3.86. The number of pyridine rings is 1. The van der Waals surface area contributed by atoms with Gasteiger partial charge in [0.1, 0.15) is 23.0 Å². The van der Waals surface area contributed by atoms with Crippen LogP contribution in [0.25, 0.3) is 22.6 Å². The summed E-state index contributed by atoms with van der Waals surface area (Å²) in [5, 5.41) is 5.12. The highest BCUT2D eigenvalue weighted by atomic mass is 32.1. The highest BCUT2D eigenvalue weighted by Crippen LogP contribution is 2.27. The second kappa shape index (κ2) is 7.38. The molecule has 4 aromatic rings. The van der Waals surface area contributed by atoms with E-state index in [2.05, 4.69) is 25.3 Å². The molecule has 0 saturated heterocycles. The fourth-order valence-corrected chi connectivity index (χ4v) is 3.11. The standard InChI is InChI=1S/C19H15N5O2S/c1-26-14-4-2-13(3-5-14)17-22-15(12-6-8-20-9-7-12)16(23-17)18(25)24-19-21-10-11-27-19/h2-11H,1H3,(H,22,23)(H,21,24,25). The van der Waals surface area contributed by atoms with Crippen molar-refractivity contribution in [2.45, 2.75) is 0 Å². The first-order valence-corrected chi connectivity index (χ1v) is 8.98. The van der Waals surface area contributed by atoms with Crippen LogP contribution in [0.4, 0.5) is 5.13 Å². The van der Waals surface area contributed by atoms with E-state index in [4.69, 9.17) is 4.74 Å². The van der Waals surface area contributed by atoms with Crippen LogP contribution >= 0.6 is 11.3 Å². The van der Waals surface area contributed by atoms with E-state index < -0.39 is 0 Å². The molecule has 0 spiro atoms. The number of H-pyrrole nitrogens is 1. The first kappa shape index (κ1) is 16.9. The number of imidazole rings is 1. The van der Waals surface area contributed by atoms with E-state index in [9.17, 15) is 4.79 Å². The number of nitrogens with one attached hydrogen (secondary N) is 2. The maximum atomic E-state index is 12.8. The van der Waals surface area contributed by atoms with Crippen LogP contribution in [0.3, 0.4) is 0 Å². The number of anilines is 1. The fourth-order valence-electron chi connectivity index (χ4n) is 2.59. The van der Waals surface area contributed by atoms with E-state index in [1.165, 1.54) is 11.3 Å². The number of amides is 1. The van der Waals surface area contributed by atoms with Crippen molar-refractivity contribution in [2.75, 3.05) is 12.4 Å². The molecule has 7 nitrogen and oxygen atoms in total. The number of rotatable bonds is 5. The van der Waals surface area contributed by atoms with Gasteiger partial charge in [0.05, 0.1) is 7.11 Å². The first-order chi connectivity index (χ1) is 13.2. The quantitative estimate of drug-likeness (QED) is 0.551. The second-order valence-corrected chi connectivity index (χ2v) is 6.46. The summed E-state index contributed by atoms with van der Waals surface area (Å²) in [6, 6.07) is 11.1. The Labute approximate surface area is 159 Å². The Morgan fingerprint density at radius 1 is 1.07 bits per heavy atom. The Morgan fingerprint density at radius 2 is 1.85 bits per heavy atom. The summed E-state index contributed by atoms with van der Waals surface area (Å²) in [6.07, 6.45) is 4.97. The van der Waals surface area contributed by atoms with Crippen molar-refractivity contribution in [1.82, 2.24) is 19.9 Å². The van der Waals surface area contributed by atoms with Crippen LogP contribution < -0.4 is 10.1 Å². The summed E-state index contributed by atoms with van der Waals surface area (Å²) in [6.45, 7) is 0. The Balaban J connectivity index is 1.75. The van der Waals surface area contributed by atoms with Crippen LogP contribution in [-0.4, -0.2) is 33.0 Å². The molecule has 0 aliphatic heterocycles. The van der Waals surface area contributed by atoms with Crippen molar-refractivity contribution in [3.05, 3.63) is 66.1 Å². The Hall–Kier alpha value is -3.52. The SMILES string of the molecule is COc1ccc(-c2nc(-c3ccncc3)c(C(=O)Nc3nccs3)[nH]2)cc1. The lowest BCUT2D eigenvalue weighted by molar-refractivity contribution is 0.102. The maximum absolute atomic E-state index is 12.8. The minimum atomic E-state index is -0.302. The van der Waals surface area contributed by atoms with Gasteiger partial charge >= 0.3 is 0 Å². The van der Waals surface area contributed by atoms with Crippen LogP contribution in [0.1, 0.15) is 10.5 Å². The number of carbonyl (C=O) groups is 1. The van der Waals surface area contributed by atoms with E-state index >= 15 is 0 Å². The summed E-state index contributed by atoms with van der Waals surface area (Å²) >= 11 is 1.35. The molecule has 0 atom stereocenters. The van der Waals surface area contributed by atoms with Gasteiger partial charge in [0.25, 0.3) is 5.91 Å². The van der Waals surface area contributed by atoms with E-state index in [1.807, 2.05) is 36.4 Å². The van der Waals surface area contributed by atoms with Gasteiger partial charge in [-0.3, -0.25) is 15.1 Å². The molecule has 0 aliphatic rings. The Morgan fingerprint density at radius 3 is 2.52 bits per heavy atom. The minimum Gasteiger partial charge on any atom is -0.497 e. The highest BCUT2D eigenvalue weighted by molar-refractivity contribution is 7.13. The lowest BCUT2D eigenvalue weighted by atomic mass is 10.1. The Bertz CT molecular complexity index is 1040. The van der Waals surface area contributed by atoms with Gasteiger partial charge in [0.2, 0.25) is 0 Å². The van der Waals surface area contributed by atoms with Crippen molar-refractivity contribution < 1.29 is 9.53 Å². The summed E-state index contributed by atoms with van der Waals surface area (Å²) in [5.74, 6) is 1.04. The molecular formula is C19H15N5O2S. The van der Waals surface area contributed by atoms with Crippen molar-refractivity contribution in [2.24, 2.45) is 0 Å². The van der Waals surface area contributed by atoms with Gasteiger partial charge in [0.15, 0.2) is 5.13 Å². The van der Waals surface area contributed by atoms with Crippen LogP contribution in [0.2, 0.25) is 0 Å². The van der Waals surface area contributed by atoms with E-state index in [0.29, 0.717) is 22.3 Å². The molecule has 0 radical (unpaired) electrons. The van der Waals surface area contributed by atoms with Crippen LogP contribution in [0, 0.1) is 0 Å². The average Bonchev–Trinajstić information content (AvgIpc) is 3.38. The maximum Gasteiger partial charge on any atom is 0.276 e. The van der Waals surface area contributed by atoms with Gasteiger partial charge in [-0.15, -0.1) is 11.3 Å². The number of hydrogen-bond donors (Lipinski definition) is 2. The lowest BCUT2D eigenvalue weighted by Crippen LogP contribution is -2.13. The molecule has 1 aromatic carbocycles. The molecule has 1 amide bonds. The summed E-state index contributed by atoms with van der Waals surface area (Å²) in [5.41, 5.74) is 2.56. The van der Waals surface area contributed by atoms with Gasteiger partial charge in [-0.25, -0.2) is 9.97 Å². The molecule has 2 N–H and O–H groups in total. The number of methoxy groups -OCH3 is 1. The number of hydrogen-bond acceptors (Lipinski definition) is 6. The molecule has 3 aromatic heterocycles. The van der Waals surface area contributed by atoms with E-state index in [1.54, 1.807) is 31.1 Å². The number of ether oxygens (including phenoxy) is 1. The van der Waals surface area contributed by atoms with Gasteiger partial charge < -0.3 is 9.72 Å². The van der Waals surface area contributed by atoms with E-state index in [-0.39, 0.29) is 5.91 Å². The smallest absolute Gasteiger partial charge is 0.276 e. The van der Waals surface area contributed by atoms with E-state index in [0.717, 1.165) is 16.9 Å². The van der Waals surface area contributed by atoms with Crippen molar-refractivity contribution >= 4 is 22.4 Å². The molecule has 3 heterocycles. The van der Waals surface area contributed by atoms with Gasteiger partial charge in [0, 0.05) is 35.1 Å². The number of benzene rings is 1. The zero-order valence-corrected chi connectivity index (χ0v) is 15.2. The van der Waals surface area contributed by atoms with Crippen molar-refractivity contribution in [1.29, 1.82) is 0 Å². The molecule has 0 fully saturated rings. The topological polar surface area (TPSA) is 92.8 Å². The van der Waals surface area contributed by atoms with Crippen molar-refractivity contribution in [3.8, 4) is 28.4 Å². The zero-order chi connectivity index (χ0) is 18.6. The lowest BCUT2D eigenvalue weighted by Gasteiger charge is -2.02.